The summed E-state index contributed by atoms with van der Waals surface area (Å²) < 4.78 is 0. The normalized spacial score (nSPS) is 9.37. The third-order valence-electron chi connectivity index (χ3n) is 2.75. The molecule has 92 valence electrons. The highest BCUT2D eigenvalue weighted by atomic mass is 14.9. The second kappa shape index (κ2) is 5.57. The molecule has 0 bridgehead atoms. The van der Waals surface area contributed by atoms with Crippen molar-refractivity contribution in [2.24, 2.45) is 0 Å². The second-order valence-electron chi connectivity index (χ2n) is 4.08. The number of nitrogen functional groups attached to an aromatic ring is 1. The summed E-state index contributed by atoms with van der Waals surface area (Å²) in [4.78, 5) is 0. The van der Waals surface area contributed by atoms with Gasteiger partial charge in [0.15, 0.2) is 0 Å². The van der Waals surface area contributed by atoms with Crippen molar-refractivity contribution in [3.8, 4) is 12.1 Å². The number of nitrogens with two attached hydrogens (primary N) is 1. The molecule has 3 N–H and O–H groups in total. The minimum atomic E-state index is 0.566. The van der Waals surface area contributed by atoms with Crippen LogP contribution in [0, 0.1) is 22.7 Å². The van der Waals surface area contributed by atoms with Crippen molar-refractivity contribution in [1.29, 1.82) is 10.5 Å². The van der Waals surface area contributed by atoms with E-state index in [1.165, 1.54) is 0 Å². The van der Waals surface area contributed by atoms with Crippen LogP contribution in [0.25, 0.3) is 0 Å². The van der Waals surface area contributed by atoms with Crippen molar-refractivity contribution < 1.29 is 0 Å². The third-order valence-corrected chi connectivity index (χ3v) is 2.75. The number of rotatable bonds is 3. The summed E-state index contributed by atoms with van der Waals surface area (Å²) in [6.07, 6.45) is 0. The Bertz CT molecular complexity index is 660. The van der Waals surface area contributed by atoms with Gasteiger partial charge in [-0.3, -0.25) is 0 Å². The van der Waals surface area contributed by atoms with Crippen LogP contribution >= 0.6 is 0 Å². The first kappa shape index (κ1) is 12.5. The van der Waals surface area contributed by atoms with Gasteiger partial charge in [0.1, 0.15) is 0 Å². The van der Waals surface area contributed by atoms with Crippen LogP contribution in [-0.2, 0) is 6.54 Å². The number of anilines is 2. The number of hydrogen-bond donors (Lipinski definition) is 2. The molecule has 0 fully saturated rings. The molecular weight excluding hydrogens is 236 g/mol. The molecule has 0 unspecified atom stereocenters. The monoisotopic (exact) mass is 248 g/mol. The van der Waals surface area contributed by atoms with Crippen LogP contribution in [0.4, 0.5) is 11.4 Å². The third kappa shape index (κ3) is 3.02. The van der Waals surface area contributed by atoms with Gasteiger partial charge in [-0.15, -0.1) is 0 Å². The molecule has 0 amide bonds. The Morgan fingerprint density at radius 1 is 0.947 bits per heavy atom. The van der Waals surface area contributed by atoms with E-state index in [4.69, 9.17) is 16.3 Å². The molecule has 0 aliphatic rings. The lowest BCUT2D eigenvalue weighted by Crippen LogP contribution is -2.02. The van der Waals surface area contributed by atoms with E-state index in [-0.39, 0.29) is 0 Å². The number of hydrogen-bond acceptors (Lipinski definition) is 4. The van der Waals surface area contributed by atoms with Crippen molar-refractivity contribution in [3.63, 3.8) is 0 Å². The average Bonchev–Trinajstić information content (AvgIpc) is 2.47. The molecule has 0 saturated heterocycles. The molecule has 0 spiro atoms. The number of nitrogens with zero attached hydrogens (tertiary/aromatic N) is 2. The molecule has 2 aromatic rings. The summed E-state index contributed by atoms with van der Waals surface area (Å²) in [6, 6.07) is 16.6. The van der Waals surface area contributed by atoms with Gasteiger partial charge in [0.25, 0.3) is 0 Å². The smallest absolute Gasteiger partial charge is 0.0992 e. The molecule has 4 nitrogen and oxygen atoms in total. The Balaban J connectivity index is 2.10. The molecular formula is C15H12N4. The fourth-order valence-electron chi connectivity index (χ4n) is 1.67. The van der Waals surface area contributed by atoms with E-state index in [1.54, 1.807) is 30.3 Å². The maximum absolute atomic E-state index is 8.85. The van der Waals surface area contributed by atoms with Crippen LogP contribution in [0.1, 0.15) is 16.7 Å². The van der Waals surface area contributed by atoms with Gasteiger partial charge in [0.05, 0.1) is 34.6 Å². The van der Waals surface area contributed by atoms with Crippen LogP contribution < -0.4 is 11.1 Å². The zero-order valence-electron chi connectivity index (χ0n) is 10.2. The van der Waals surface area contributed by atoms with Crippen molar-refractivity contribution in [2.75, 3.05) is 11.1 Å². The molecule has 2 aromatic carbocycles. The van der Waals surface area contributed by atoms with Crippen LogP contribution in [0.15, 0.2) is 42.5 Å². The summed E-state index contributed by atoms with van der Waals surface area (Å²) in [5.41, 5.74) is 9.43. The van der Waals surface area contributed by atoms with E-state index < -0.39 is 0 Å². The van der Waals surface area contributed by atoms with Gasteiger partial charge in [-0.1, -0.05) is 12.1 Å². The summed E-state index contributed by atoms with van der Waals surface area (Å²) in [6.45, 7) is 0.588. The predicted molar refractivity (Wildman–Crippen MR) is 74.1 cm³/mol. The highest BCUT2D eigenvalue weighted by Gasteiger charge is 2.01. The van der Waals surface area contributed by atoms with E-state index in [0.717, 1.165) is 11.3 Å². The SMILES string of the molecule is N#Cc1ccc(CNc2cc(C#N)ccc2N)cc1. The Labute approximate surface area is 111 Å². The van der Waals surface area contributed by atoms with E-state index in [2.05, 4.69) is 17.5 Å². The van der Waals surface area contributed by atoms with E-state index in [0.29, 0.717) is 23.4 Å². The number of nitrogens with one attached hydrogen (secondary N) is 1. The van der Waals surface area contributed by atoms with Gasteiger partial charge in [-0.2, -0.15) is 10.5 Å². The molecule has 2 rings (SSSR count). The molecule has 0 aromatic heterocycles. The van der Waals surface area contributed by atoms with Gasteiger partial charge >= 0.3 is 0 Å². The summed E-state index contributed by atoms with van der Waals surface area (Å²) >= 11 is 0. The lowest BCUT2D eigenvalue weighted by Gasteiger charge is -2.09. The second-order valence-corrected chi connectivity index (χ2v) is 4.08. The first-order valence-corrected chi connectivity index (χ1v) is 5.75. The molecule has 0 heterocycles. The van der Waals surface area contributed by atoms with Gasteiger partial charge in [0, 0.05) is 6.54 Å². The highest BCUT2D eigenvalue weighted by molar-refractivity contribution is 5.68. The molecule has 4 heteroatoms. The van der Waals surface area contributed by atoms with Gasteiger partial charge in [0.2, 0.25) is 0 Å². The fourth-order valence-corrected chi connectivity index (χ4v) is 1.67. The maximum atomic E-state index is 8.85. The average molecular weight is 248 g/mol. The largest absolute Gasteiger partial charge is 0.397 e. The Kier molecular flexibility index (Phi) is 3.66. The maximum Gasteiger partial charge on any atom is 0.0992 e. The topological polar surface area (TPSA) is 85.6 Å². The predicted octanol–water partition coefficient (Wildman–Crippen LogP) is 2.62. The quantitative estimate of drug-likeness (QED) is 0.817. The van der Waals surface area contributed by atoms with Crippen LogP contribution in [0.3, 0.4) is 0 Å². The van der Waals surface area contributed by atoms with Crippen molar-refractivity contribution in [3.05, 3.63) is 59.2 Å². The van der Waals surface area contributed by atoms with Crippen molar-refractivity contribution in [2.45, 2.75) is 6.54 Å². The van der Waals surface area contributed by atoms with E-state index >= 15 is 0 Å². The van der Waals surface area contributed by atoms with E-state index in [9.17, 15) is 0 Å². The lowest BCUT2D eigenvalue weighted by molar-refractivity contribution is 1.15. The number of nitriles is 2. The Morgan fingerprint density at radius 3 is 2.21 bits per heavy atom. The number of benzene rings is 2. The minimum Gasteiger partial charge on any atom is -0.397 e. The molecule has 0 atom stereocenters. The molecule has 19 heavy (non-hydrogen) atoms. The highest BCUT2D eigenvalue weighted by Crippen LogP contribution is 2.20. The lowest BCUT2D eigenvalue weighted by atomic mass is 10.1. The minimum absolute atomic E-state index is 0.566. The zero-order chi connectivity index (χ0) is 13.7. The van der Waals surface area contributed by atoms with Crippen molar-refractivity contribution in [1.82, 2.24) is 0 Å². The van der Waals surface area contributed by atoms with Gasteiger partial charge in [-0.25, -0.2) is 0 Å². The first-order valence-electron chi connectivity index (χ1n) is 5.75. The Morgan fingerprint density at radius 2 is 1.58 bits per heavy atom. The van der Waals surface area contributed by atoms with Crippen LogP contribution in [0.2, 0.25) is 0 Å². The molecule has 0 aliphatic heterocycles. The zero-order valence-corrected chi connectivity index (χ0v) is 10.2. The summed E-state index contributed by atoms with van der Waals surface area (Å²) in [5.74, 6) is 0. The summed E-state index contributed by atoms with van der Waals surface area (Å²) in [5, 5.41) is 20.7. The van der Waals surface area contributed by atoms with Crippen molar-refractivity contribution >= 4 is 11.4 Å². The fraction of sp³-hybridized carbons (Fsp3) is 0.0667. The van der Waals surface area contributed by atoms with Crippen LogP contribution in [0.5, 0.6) is 0 Å². The summed E-state index contributed by atoms with van der Waals surface area (Å²) in [7, 11) is 0. The van der Waals surface area contributed by atoms with Crippen LogP contribution in [-0.4, -0.2) is 0 Å². The first-order chi connectivity index (χ1) is 9.22. The van der Waals surface area contributed by atoms with Gasteiger partial charge < -0.3 is 11.1 Å². The van der Waals surface area contributed by atoms with E-state index in [1.807, 2.05) is 12.1 Å². The van der Waals surface area contributed by atoms with Gasteiger partial charge in [-0.05, 0) is 35.9 Å². The molecule has 0 aliphatic carbocycles. The standard InChI is InChI=1S/C15H12N4/c16-8-11-1-3-12(4-2-11)10-19-15-7-13(9-17)5-6-14(15)18/h1-7,19H,10,18H2. The Hall–Kier alpha value is -2.98. The molecule has 0 saturated carbocycles. The molecule has 0 radical (unpaired) electrons.